The van der Waals surface area contributed by atoms with Gasteiger partial charge >= 0.3 is 5.97 Å². The predicted molar refractivity (Wildman–Crippen MR) is 51.3 cm³/mol. The number of carbonyl (C=O) groups is 1. The van der Waals surface area contributed by atoms with E-state index >= 15 is 0 Å². The molecule has 0 heterocycles. The first kappa shape index (κ1) is 9.58. The monoisotopic (exact) mass is 179 g/mol. The second kappa shape index (κ2) is 3.94. The molecule has 0 saturated carbocycles. The third kappa shape index (κ3) is 2.47. The minimum Gasteiger partial charge on any atom is -0.424 e. The highest BCUT2D eigenvalue weighted by Gasteiger charge is 2.10. The molecular weight excluding hydrogens is 166 g/mol. The van der Waals surface area contributed by atoms with Crippen LogP contribution in [-0.4, -0.2) is 5.97 Å². The first-order chi connectivity index (χ1) is 6.11. The normalized spacial score (nSPS) is 10.1. The van der Waals surface area contributed by atoms with Gasteiger partial charge in [-0.3, -0.25) is 4.79 Å². The van der Waals surface area contributed by atoms with Crippen LogP contribution in [0, 0.1) is 5.92 Å². The molecule has 3 nitrogen and oxygen atoms in total. The van der Waals surface area contributed by atoms with Crippen molar-refractivity contribution in [1.82, 2.24) is 0 Å². The van der Waals surface area contributed by atoms with Crippen molar-refractivity contribution < 1.29 is 9.53 Å². The molecule has 13 heavy (non-hydrogen) atoms. The van der Waals surface area contributed by atoms with Gasteiger partial charge < -0.3 is 10.5 Å². The average Bonchev–Trinajstić information content (AvgIpc) is 2.08. The SMILES string of the molecule is CC(C)C(=O)Oc1ccccc1N. The molecule has 0 amide bonds. The highest BCUT2D eigenvalue weighted by Crippen LogP contribution is 2.20. The minimum absolute atomic E-state index is 0.139. The maximum atomic E-state index is 11.2. The van der Waals surface area contributed by atoms with E-state index in [1.165, 1.54) is 0 Å². The van der Waals surface area contributed by atoms with Crippen LogP contribution in [0.1, 0.15) is 13.8 Å². The number of ether oxygens (including phenoxy) is 1. The summed E-state index contributed by atoms with van der Waals surface area (Å²) in [6, 6.07) is 6.94. The number of anilines is 1. The van der Waals surface area contributed by atoms with E-state index in [9.17, 15) is 4.79 Å². The van der Waals surface area contributed by atoms with E-state index in [4.69, 9.17) is 10.5 Å². The maximum absolute atomic E-state index is 11.2. The van der Waals surface area contributed by atoms with E-state index in [1.807, 2.05) is 0 Å². The second-order valence-corrected chi connectivity index (χ2v) is 3.11. The molecule has 2 N–H and O–H groups in total. The predicted octanol–water partition coefficient (Wildman–Crippen LogP) is 1.83. The Morgan fingerprint density at radius 2 is 2.00 bits per heavy atom. The zero-order valence-corrected chi connectivity index (χ0v) is 7.78. The van der Waals surface area contributed by atoms with Crippen LogP contribution in [0.5, 0.6) is 5.75 Å². The zero-order valence-electron chi connectivity index (χ0n) is 7.78. The molecule has 1 rings (SSSR count). The summed E-state index contributed by atoms with van der Waals surface area (Å²) in [4.78, 5) is 11.2. The van der Waals surface area contributed by atoms with Crippen LogP contribution in [0.2, 0.25) is 0 Å². The van der Waals surface area contributed by atoms with Crippen LogP contribution in [0.25, 0.3) is 0 Å². The van der Waals surface area contributed by atoms with Gasteiger partial charge in [0, 0.05) is 0 Å². The molecule has 0 aliphatic carbocycles. The van der Waals surface area contributed by atoms with Gasteiger partial charge in [-0.2, -0.15) is 0 Å². The molecule has 1 aromatic rings. The third-order valence-electron chi connectivity index (χ3n) is 1.60. The van der Waals surface area contributed by atoms with Crippen molar-refractivity contribution in [1.29, 1.82) is 0 Å². The molecule has 0 aliphatic rings. The lowest BCUT2D eigenvalue weighted by Gasteiger charge is -2.07. The molecule has 0 atom stereocenters. The van der Waals surface area contributed by atoms with Crippen molar-refractivity contribution in [3.63, 3.8) is 0 Å². The third-order valence-corrected chi connectivity index (χ3v) is 1.60. The highest BCUT2D eigenvalue weighted by atomic mass is 16.5. The summed E-state index contributed by atoms with van der Waals surface area (Å²) in [7, 11) is 0. The first-order valence-corrected chi connectivity index (χ1v) is 4.17. The Labute approximate surface area is 77.5 Å². The Morgan fingerprint density at radius 1 is 1.38 bits per heavy atom. The molecule has 1 aromatic carbocycles. The van der Waals surface area contributed by atoms with E-state index in [0.29, 0.717) is 11.4 Å². The van der Waals surface area contributed by atoms with E-state index < -0.39 is 0 Å². The molecule has 0 aromatic heterocycles. The topological polar surface area (TPSA) is 52.3 Å². The van der Waals surface area contributed by atoms with E-state index in [1.54, 1.807) is 38.1 Å². The highest BCUT2D eigenvalue weighted by molar-refractivity contribution is 5.76. The molecule has 0 spiro atoms. The van der Waals surface area contributed by atoms with Crippen LogP contribution in [0.4, 0.5) is 5.69 Å². The van der Waals surface area contributed by atoms with Crippen LogP contribution < -0.4 is 10.5 Å². The van der Waals surface area contributed by atoms with Crippen molar-refractivity contribution in [3.05, 3.63) is 24.3 Å². The first-order valence-electron chi connectivity index (χ1n) is 4.17. The maximum Gasteiger partial charge on any atom is 0.313 e. The fourth-order valence-corrected chi connectivity index (χ4v) is 0.800. The number of carbonyl (C=O) groups excluding carboxylic acids is 1. The van der Waals surface area contributed by atoms with E-state index in [-0.39, 0.29) is 11.9 Å². The molecule has 0 bridgehead atoms. The van der Waals surface area contributed by atoms with Gasteiger partial charge in [-0.05, 0) is 12.1 Å². The Kier molecular flexibility index (Phi) is 2.90. The number of para-hydroxylation sites is 2. The summed E-state index contributed by atoms with van der Waals surface area (Å²) in [6.07, 6.45) is 0. The summed E-state index contributed by atoms with van der Waals surface area (Å²) < 4.78 is 5.04. The number of hydrogen-bond donors (Lipinski definition) is 1. The Morgan fingerprint density at radius 3 is 2.54 bits per heavy atom. The number of nitrogens with two attached hydrogens (primary N) is 1. The standard InChI is InChI=1S/C10H13NO2/c1-7(2)10(12)13-9-6-4-3-5-8(9)11/h3-7H,11H2,1-2H3. The van der Waals surface area contributed by atoms with Crippen LogP contribution in [-0.2, 0) is 4.79 Å². The second-order valence-electron chi connectivity index (χ2n) is 3.11. The van der Waals surface area contributed by atoms with Gasteiger partial charge in [0.2, 0.25) is 0 Å². The molecular formula is C10H13NO2. The van der Waals surface area contributed by atoms with Gasteiger partial charge in [0.05, 0.1) is 11.6 Å². The van der Waals surface area contributed by atoms with Gasteiger partial charge in [-0.25, -0.2) is 0 Å². The lowest BCUT2D eigenvalue weighted by Crippen LogP contribution is -2.15. The summed E-state index contributed by atoms with van der Waals surface area (Å²) in [6.45, 7) is 3.56. The molecule has 3 heteroatoms. The quantitative estimate of drug-likeness (QED) is 0.428. The van der Waals surface area contributed by atoms with Crippen molar-refractivity contribution in [3.8, 4) is 5.75 Å². The largest absolute Gasteiger partial charge is 0.424 e. The van der Waals surface area contributed by atoms with Gasteiger partial charge in [-0.15, -0.1) is 0 Å². The number of benzene rings is 1. The van der Waals surface area contributed by atoms with E-state index in [2.05, 4.69) is 0 Å². The molecule has 70 valence electrons. The lowest BCUT2D eigenvalue weighted by molar-refractivity contribution is -0.137. The van der Waals surface area contributed by atoms with Crippen LogP contribution in [0.3, 0.4) is 0 Å². The van der Waals surface area contributed by atoms with Crippen molar-refractivity contribution >= 4 is 11.7 Å². The fraction of sp³-hybridized carbons (Fsp3) is 0.300. The minimum atomic E-state index is -0.266. The molecule has 0 aliphatic heterocycles. The lowest BCUT2D eigenvalue weighted by atomic mass is 10.2. The smallest absolute Gasteiger partial charge is 0.313 e. The Bertz CT molecular complexity index is 308. The summed E-state index contributed by atoms with van der Waals surface area (Å²) in [5, 5.41) is 0. The van der Waals surface area contributed by atoms with Crippen LogP contribution >= 0.6 is 0 Å². The average molecular weight is 179 g/mol. The number of esters is 1. The summed E-state index contributed by atoms with van der Waals surface area (Å²) in [5.41, 5.74) is 6.07. The summed E-state index contributed by atoms with van der Waals surface area (Å²) in [5.74, 6) is 0.0266. The fourth-order valence-electron chi connectivity index (χ4n) is 0.800. The molecule has 0 unspecified atom stereocenters. The van der Waals surface area contributed by atoms with Gasteiger partial charge in [0.1, 0.15) is 0 Å². The summed E-state index contributed by atoms with van der Waals surface area (Å²) >= 11 is 0. The molecule has 0 fully saturated rings. The van der Waals surface area contributed by atoms with Gasteiger partial charge in [-0.1, -0.05) is 26.0 Å². The Balaban J connectivity index is 2.75. The number of nitrogen functional groups attached to an aromatic ring is 1. The van der Waals surface area contributed by atoms with Crippen molar-refractivity contribution in [2.75, 3.05) is 5.73 Å². The van der Waals surface area contributed by atoms with Gasteiger partial charge in [0.15, 0.2) is 5.75 Å². The number of rotatable bonds is 2. The van der Waals surface area contributed by atoms with Crippen molar-refractivity contribution in [2.45, 2.75) is 13.8 Å². The van der Waals surface area contributed by atoms with E-state index in [0.717, 1.165) is 0 Å². The van der Waals surface area contributed by atoms with Crippen molar-refractivity contribution in [2.24, 2.45) is 5.92 Å². The number of hydrogen-bond acceptors (Lipinski definition) is 3. The zero-order chi connectivity index (χ0) is 9.84. The van der Waals surface area contributed by atoms with Gasteiger partial charge in [0.25, 0.3) is 0 Å². The molecule has 0 radical (unpaired) electrons. The van der Waals surface area contributed by atoms with Crippen LogP contribution in [0.15, 0.2) is 24.3 Å². The molecule has 0 saturated heterocycles. The Hall–Kier alpha value is -1.51.